The maximum Gasteiger partial charge on any atom is 0.134 e. The van der Waals surface area contributed by atoms with E-state index in [0.29, 0.717) is 23.2 Å². The average Bonchev–Trinajstić information content (AvgIpc) is 3.20. The Morgan fingerprint density at radius 1 is 1.67 bits per heavy atom. The van der Waals surface area contributed by atoms with Gasteiger partial charge in [-0.2, -0.15) is 0 Å². The van der Waals surface area contributed by atoms with Crippen LogP contribution in [0.5, 0.6) is 0 Å². The molecule has 3 N–H and O–H groups in total. The van der Waals surface area contributed by atoms with Gasteiger partial charge in [-0.05, 0) is 24.8 Å². The Morgan fingerprint density at radius 2 is 2.44 bits per heavy atom. The zero-order valence-electron chi connectivity index (χ0n) is 9.96. The molecular weight excluding hydrogens is 250 g/mol. The summed E-state index contributed by atoms with van der Waals surface area (Å²) in [7, 11) is 0. The van der Waals surface area contributed by atoms with Crippen LogP contribution in [0.4, 0.5) is 0 Å². The molecule has 1 aromatic heterocycles. The summed E-state index contributed by atoms with van der Waals surface area (Å²) in [5.41, 5.74) is 7.02. The van der Waals surface area contributed by atoms with Gasteiger partial charge in [-0.25, -0.2) is 4.98 Å². The first-order valence-corrected chi connectivity index (χ1v) is 6.29. The second-order valence-corrected chi connectivity index (χ2v) is 4.73. The second-order valence-electron chi connectivity index (χ2n) is 4.37. The molecule has 0 radical (unpaired) electrons. The Hall–Kier alpha value is -1.39. The molecule has 1 heterocycles. The number of hydrogen-bond acceptors (Lipinski definition) is 4. The van der Waals surface area contributed by atoms with Gasteiger partial charge in [-0.3, -0.25) is 4.99 Å². The molecule has 18 heavy (non-hydrogen) atoms. The van der Waals surface area contributed by atoms with Gasteiger partial charge in [0.05, 0.1) is 12.6 Å². The fraction of sp³-hybridized carbons (Fsp3) is 0.385. The Bertz CT molecular complexity index is 469. The van der Waals surface area contributed by atoms with Gasteiger partial charge < -0.3 is 10.8 Å². The first-order chi connectivity index (χ1) is 8.72. The minimum atomic E-state index is -0.497. The summed E-state index contributed by atoms with van der Waals surface area (Å²) in [5, 5.41) is 10.4. The van der Waals surface area contributed by atoms with Crippen molar-refractivity contribution in [3.05, 3.63) is 40.8 Å². The molecule has 0 aromatic carbocycles. The highest BCUT2D eigenvalue weighted by Gasteiger charge is 2.31. The third-order valence-corrected chi connectivity index (χ3v) is 3.28. The van der Waals surface area contributed by atoms with Crippen LogP contribution in [0.2, 0.25) is 5.15 Å². The SMILES string of the molecule is NC=C(C=NCc1cccnc1Cl)C(O)C1CC1. The third kappa shape index (κ3) is 3.31. The van der Waals surface area contributed by atoms with E-state index in [-0.39, 0.29) is 0 Å². The summed E-state index contributed by atoms with van der Waals surface area (Å²) in [5.74, 6) is 0.341. The molecule has 0 bridgehead atoms. The van der Waals surface area contributed by atoms with E-state index < -0.39 is 6.10 Å². The van der Waals surface area contributed by atoms with Crippen LogP contribution in [-0.2, 0) is 6.54 Å². The Kier molecular flexibility index (Phi) is 4.33. The molecule has 1 fully saturated rings. The number of aliphatic hydroxyl groups excluding tert-OH is 1. The second kappa shape index (κ2) is 5.98. The minimum absolute atomic E-state index is 0.341. The van der Waals surface area contributed by atoms with E-state index in [2.05, 4.69) is 9.98 Å². The molecule has 0 saturated heterocycles. The maximum atomic E-state index is 9.92. The lowest BCUT2D eigenvalue weighted by molar-refractivity contribution is 0.193. The van der Waals surface area contributed by atoms with Crippen LogP contribution in [-0.4, -0.2) is 22.4 Å². The van der Waals surface area contributed by atoms with Gasteiger partial charge >= 0.3 is 0 Å². The van der Waals surface area contributed by atoms with Crippen molar-refractivity contribution < 1.29 is 5.11 Å². The number of nitrogens with zero attached hydrogens (tertiary/aromatic N) is 2. The van der Waals surface area contributed by atoms with Crippen molar-refractivity contribution in [2.75, 3.05) is 0 Å². The summed E-state index contributed by atoms with van der Waals surface area (Å²) in [4.78, 5) is 8.22. The van der Waals surface area contributed by atoms with Crippen LogP contribution < -0.4 is 5.73 Å². The first-order valence-electron chi connectivity index (χ1n) is 5.91. The summed E-state index contributed by atoms with van der Waals surface area (Å²) in [6, 6.07) is 3.69. The van der Waals surface area contributed by atoms with E-state index >= 15 is 0 Å². The van der Waals surface area contributed by atoms with E-state index in [1.807, 2.05) is 12.1 Å². The highest BCUT2D eigenvalue weighted by atomic mass is 35.5. The number of pyridine rings is 1. The lowest BCUT2D eigenvalue weighted by atomic mass is 10.1. The molecule has 1 aliphatic carbocycles. The van der Waals surface area contributed by atoms with Crippen LogP contribution in [0.1, 0.15) is 18.4 Å². The van der Waals surface area contributed by atoms with Gasteiger partial charge in [0, 0.05) is 29.7 Å². The number of aromatic nitrogens is 1. The molecule has 1 aromatic rings. The quantitative estimate of drug-likeness (QED) is 0.631. The van der Waals surface area contributed by atoms with E-state index in [9.17, 15) is 5.11 Å². The number of rotatable bonds is 5. The molecule has 0 spiro atoms. The summed E-state index contributed by atoms with van der Waals surface area (Å²) in [6.45, 7) is 0.432. The fourth-order valence-corrected chi connectivity index (χ4v) is 1.87. The molecule has 1 saturated carbocycles. The van der Waals surface area contributed by atoms with Crippen molar-refractivity contribution in [3.8, 4) is 0 Å². The predicted octanol–water partition coefficient (Wildman–Crippen LogP) is 1.92. The maximum absolute atomic E-state index is 9.92. The van der Waals surface area contributed by atoms with Crippen LogP contribution in [0, 0.1) is 5.92 Å². The van der Waals surface area contributed by atoms with Crippen molar-refractivity contribution in [2.45, 2.75) is 25.5 Å². The lowest BCUT2D eigenvalue weighted by Gasteiger charge is -2.08. The molecule has 0 amide bonds. The summed E-state index contributed by atoms with van der Waals surface area (Å²) < 4.78 is 0. The van der Waals surface area contributed by atoms with Crippen LogP contribution in [0.25, 0.3) is 0 Å². The zero-order valence-corrected chi connectivity index (χ0v) is 10.7. The van der Waals surface area contributed by atoms with Crippen LogP contribution >= 0.6 is 11.6 Å². The van der Waals surface area contributed by atoms with Crippen molar-refractivity contribution in [2.24, 2.45) is 16.6 Å². The topological polar surface area (TPSA) is 71.5 Å². The van der Waals surface area contributed by atoms with Gasteiger partial charge in [0.1, 0.15) is 5.15 Å². The highest BCUT2D eigenvalue weighted by molar-refractivity contribution is 6.30. The first kappa shape index (κ1) is 13.1. The number of aliphatic imine (C=N–C) groups is 1. The summed E-state index contributed by atoms with van der Waals surface area (Å²) >= 11 is 5.92. The fourth-order valence-electron chi connectivity index (χ4n) is 1.69. The van der Waals surface area contributed by atoms with Crippen molar-refractivity contribution in [1.29, 1.82) is 0 Å². The molecule has 1 atom stereocenters. The van der Waals surface area contributed by atoms with Crippen molar-refractivity contribution in [3.63, 3.8) is 0 Å². The van der Waals surface area contributed by atoms with Crippen LogP contribution in [0.15, 0.2) is 35.1 Å². The number of aliphatic hydroxyl groups is 1. The predicted molar refractivity (Wildman–Crippen MR) is 72.4 cm³/mol. The zero-order chi connectivity index (χ0) is 13.0. The molecule has 1 unspecified atom stereocenters. The van der Waals surface area contributed by atoms with E-state index in [4.69, 9.17) is 17.3 Å². The number of halogens is 1. The normalized spacial score (nSPS) is 18.2. The smallest absolute Gasteiger partial charge is 0.134 e. The van der Waals surface area contributed by atoms with E-state index in [1.165, 1.54) is 6.20 Å². The number of hydrogen-bond donors (Lipinski definition) is 2. The average molecular weight is 266 g/mol. The van der Waals surface area contributed by atoms with Gasteiger partial charge in [0.15, 0.2) is 0 Å². The number of nitrogens with two attached hydrogens (primary N) is 1. The molecule has 5 heteroatoms. The monoisotopic (exact) mass is 265 g/mol. The lowest BCUT2D eigenvalue weighted by Crippen LogP contribution is -2.15. The Labute approximate surface area is 111 Å². The van der Waals surface area contributed by atoms with Crippen molar-refractivity contribution >= 4 is 17.8 Å². The van der Waals surface area contributed by atoms with Gasteiger partial charge in [-0.15, -0.1) is 0 Å². The van der Waals surface area contributed by atoms with E-state index in [1.54, 1.807) is 12.4 Å². The minimum Gasteiger partial charge on any atom is -0.404 e. The molecule has 1 aliphatic rings. The molecule has 0 aliphatic heterocycles. The largest absolute Gasteiger partial charge is 0.404 e. The molecule has 2 rings (SSSR count). The summed E-state index contributed by atoms with van der Waals surface area (Å²) in [6.07, 6.45) is 6.28. The van der Waals surface area contributed by atoms with Crippen molar-refractivity contribution in [1.82, 2.24) is 4.98 Å². The van der Waals surface area contributed by atoms with Gasteiger partial charge in [0.25, 0.3) is 0 Å². The molecule has 4 nitrogen and oxygen atoms in total. The van der Waals surface area contributed by atoms with Crippen LogP contribution in [0.3, 0.4) is 0 Å². The Balaban J connectivity index is 1.96. The molecular formula is C13H16ClN3O. The van der Waals surface area contributed by atoms with Gasteiger partial charge in [0.2, 0.25) is 0 Å². The standard InChI is InChI=1S/C13H16ClN3O/c14-13-10(2-1-5-17-13)7-16-8-11(6-15)12(18)9-3-4-9/h1-2,5-6,8-9,12,18H,3-4,7,15H2. The highest BCUT2D eigenvalue weighted by Crippen LogP contribution is 2.35. The Morgan fingerprint density at radius 3 is 3.06 bits per heavy atom. The van der Waals surface area contributed by atoms with E-state index in [0.717, 1.165) is 18.4 Å². The molecule has 96 valence electrons. The third-order valence-electron chi connectivity index (χ3n) is 2.94. The van der Waals surface area contributed by atoms with Gasteiger partial charge in [-0.1, -0.05) is 17.7 Å².